The zero-order valence-corrected chi connectivity index (χ0v) is 12.7. The summed E-state index contributed by atoms with van der Waals surface area (Å²) in [5.41, 5.74) is -0.422. The number of nitro groups is 1. The van der Waals surface area contributed by atoms with Gasteiger partial charge in [0.25, 0.3) is 5.69 Å². The number of hydrogen-bond donors (Lipinski definition) is 3. The van der Waals surface area contributed by atoms with E-state index in [0.29, 0.717) is 5.76 Å². The first kappa shape index (κ1) is 17.2. The number of hydrogen-bond acceptors (Lipinski definition) is 6. The second kappa shape index (κ2) is 7.38. The van der Waals surface area contributed by atoms with Gasteiger partial charge >= 0.3 is 11.8 Å². The highest BCUT2D eigenvalue weighted by atomic mass is 16.6. The Morgan fingerprint density at radius 2 is 1.96 bits per heavy atom. The van der Waals surface area contributed by atoms with E-state index in [1.54, 1.807) is 19.1 Å². The number of aryl methyl sites for hydroxylation is 1. The third-order valence-electron chi connectivity index (χ3n) is 3.10. The molecular weight excluding hydrogens is 318 g/mol. The SMILES string of the molecule is Cc1ccc(C(O)CNC(=O)C(=O)Nc2ccccc2[N+](=O)[O-])o1. The summed E-state index contributed by atoms with van der Waals surface area (Å²) in [6, 6.07) is 8.65. The van der Waals surface area contributed by atoms with Crippen LogP contribution in [0.4, 0.5) is 11.4 Å². The summed E-state index contributed by atoms with van der Waals surface area (Å²) in [7, 11) is 0. The van der Waals surface area contributed by atoms with Crippen molar-refractivity contribution in [1.29, 1.82) is 0 Å². The minimum Gasteiger partial charge on any atom is -0.464 e. The molecule has 1 aromatic carbocycles. The van der Waals surface area contributed by atoms with Gasteiger partial charge in [-0.2, -0.15) is 0 Å². The number of nitro benzene ring substituents is 1. The summed E-state index contributed by atoms with van der Waals surface area (Å²) in [4.78, 5) is 33.7. The number of aliphatic hydroxyl groups is 1. The highest BCUT2D eigenvalue weighted by Gasteiger charge is 2.20. The lowest BCUT2D eigenvalue weighted by atomic mass is 10.2. The molecule has 2 rings (SSSR count). The number of furan rings is 1. The third kappa shape index (κ3) is 4.17. The van der Waals surface area contributed by atoms with Gasteiger partial charge in [0.2, 0.25) is 0 Å². The highest BCUT2D eigenvalue weighted by Crippen LogP contribution is 2.23. The molecule has 2 amide bonds. The molecule has 0 aliphatic rings. The molecule has 0 saturated carbocycles. The van der Waals surface area contributed by atoms with E-state index in [1.165, 1.54) is 24.3 Å². The number of para-hydroxylation sites is 2. The Bertz CT molecular complexity index is 770. The molecule has 0 spiro atoms. The monoisotopic (exact) mass is 333 g/mol. The van der Waals surface area contributed by atoms with Crippen molar-refractivity contribution in [1.82, 2.24) is 5.32 Å². The lowest BCUT2D eigenvalue weighted by Crippen LogP contribution is -2.37. The first-order valence-corrected chi connectivity index (χ1v) is 6.95. The normalized spacial score (nSPS) is 11.6. The van der Waals surface area contributed by atoms with E-state index in [2.05, 4.69) is 10.6 Å². The van der Waals surface area contributed by atoms with Crippen LogP contribution in [0.2, 0.25) is 0 Å². The Morgan fingerprint density at radius 3 is 2.58 bits per heavy atom. The Morgan fingerprint density at radius 1 is 1.25 bits per heavy atom. The van der Waals surface area contributed by atoms with Crippen LogP contribution >= 0.6 is 0 Å². The second-order valence-corrected chi connectivity index (χ2v) is 4.90. The number of nitrogens with zero attached hydrogens (tertiary/aromatic N) is 1. The number of benzene rings is 1. The molecule has 1 atom stereocenters. The number of nitrogens with one attached hydrogen (secondary N) is 2. The van der Waals surface area contributed by atoms with Crippen molar-refractivity contribution in [2.75, 3.05) is 11.9 Å². The van der Waals surface area contributed by atoms with Crippen LogP contribution in [0.1, 0.15) is 17.6 Å². The number of carbonyl (C=O) groups is 2. The average Bonchev–Trinajstić information content (AvgIpc) is 2.99. The summed E-state index contributed by atoms with van der Waals surface area (Å²) in [5.74, 6) is -1.25. The van der Waals surface area contributed by atoms with E-state index in [0.717, 1.165) is 0 Å². The maximum absolute atomic E-state index is 11.8. The molecule has 9 nitrogen and oxygen atoms in total. The Hall–Kier alpha value is -3.20. The maximum atomic E-state index is 11.8. The predicted octanol–water partition coefficient (Wildman–Crippen LogP) is 1.28. The van der Waals surface area contributed by atoms with Gasteiger partial charge in [0.1, 0.15) is 23.3 Å². The number of amides is 2. The fraction of sp³-hybridized carbons (Fsp3) is 0.200. The van der Waals surface area contributed by atoms with Gasteiger partial charge in [-0.25, -0.2) is 0 Å². The number of anilines is 1. The van der Waals surface area contributed by atoms with E-state index in [9.17, 15) is 24.8 Å². The fourth-order valence-electron chi connectivity index (χ4n) is 1.92. The number of carbonyl (C=O) groups excluding carboxylic acids is 2. The molecule has 0 radical (unpaired) electrons. The first-order chi connectivity index (χ1) is 11.4. The molecule has 0 aliphatic carbocycles. The molecule has 2 aromatic rings. The van der Waals surface area contributed by atoms with Crippen LogP contribution in [0.15, 0.2) is 40.8 Å². The van der Waals surface area contributed by atoms with Crippen molar-refractivity contribution in [3.63, 3.8) is 0 Å². The van der Waals surface area contributed by atoms with Crippen molar-refractivity contribution >= 4 is 23.2 Å². The van der Waals surface area contributed by atoms with Gasteiger partial charge in [-0.15, -0.1) is 0 Å². The summed E-state index contributed by atoms with van der Waals surface area (Å²) in [6.07, 6.45) is -1.11. The van der Waals surface area contributed by atoms with Crippen LogP contribution < -0.4 is 10.6 Å². The molecule has 1 heterocycles. The Balaban J connectivity index is 1.93. The van der Waals surface area contributed by atoms with Crippen LogP contribution in [-0.2, 0) is 9.59 Å². The topological polar surface area (TPSA) is 135 Å². The van der Waals surface area contributed by atoms with Gasteiger partial charge < -0.3 is 20.2 Å². The Kier molecular flexibility index (Phi) is 5.27. The van der Waals surface area contributed by atoms with Crippen molar-refractivity contribution < 1.29 is 24.0 Å². The Labute approximate surface area is 136 Å². The minimum absolute atomic E-state index is 0.0927. The maximum Gasteiger partial charge on any atom is 0.313 e. The van der Waals surface area contributed by atoms with Crippen molar-refractivity contribution in [3.05, 3.63) is 58.0 Å². The van der Waals surface area contributed by atoms with Crippen LogP contribution in [0, 0.1) is 17.0 Å². The molecule has 24 heavy (non-hydrogen) atoms. The van der Waals surface area contributed by atoms with Gasteiger partial charge in [-0.05, 0) is 25.1 Å². The molecule has 1 unspecified atom stereocenters. The van der Waals surface area contributed by atoms with Crippen molar-refractivity contribution in [3.8, 4) is 0 Å². The van der Waals surface area contributed by atoms with Gasteiger partial charge in [0.05, 0.1) is 11.5 Å². The van der Waals surface area contributed by atoms with E-state index in [-0.39, 0.29) is 23.7 Å². The van der Waals surface area contributed by atoms with Crippen LogP contribution in [0.25, 0.3) is 0 Å². The van der Waals surface area contributed by atoms with Gasteiger partial charge in [-0.1, -0.05) is 12.1 Å². The van der Waals surface area contributed by atoms with E-state index in [4.69, 9.17) is 4.42 Å². The van der Waals surface area contributed by atoms with E-state index >= 15 is 0 Å². The lowest BCUT2D eigenvalue weighted by molar-refractivity contribution is -0.383. The van der Waals surface area contributed by atoms with Gasteiger partial charge in [0.15, 0.2) is 0 Å². The molecule has 3 N–H and O–H groups in total. The minimum atomic E-state index is -1.11. The van der Waals surface area contributed by atoms with Crippen molar-refractivity contribution in [2.24, 2.45) is 0 Å². The first-order valence-electron chi connectivity index (χ1n) is 6.95. The van der Waals surface area contributed by atoms with Gasteiger partial charge in [-0.3, -0.25) is 19.7 Å². The van der Waals surface area contributed by atoms with E-state index in [1.807, 2.05) is 0 Å². The number of aliphatic hydroxyl groups excluding tert-OH is 1. The quantitative estimate of drug-likeness (QED) is 0.428. The van der Waals surface area contributed by atoms with Crippen LogP contribution in [-0.4, -0.2) is 28.4 Å². The van der Waals surface area contributed by atoms with E-state index < -0.39 is 22.8 Å². The molecule has 0 bridgehead atoms. The molecule has 1 aromatic heterocycles. The highest BCUT2D eigenvalue weighted by molar-refractivity contribution is 6.39. The van der Waals surface area contributed by atoms with Crippen LogP contribution in [0.3, 0.4) is 0 Å². The average molecular weight is 333 g/mol. The largest absolute Gasteiger partial charge is 0.464 e. The molecule has 0 fully saturated rings. The smallest absolute Gasteiger partial charge is 0.313 e. The fourth-order valence-corrected chi connectivity index (χ4v) is 1.92. The van der Waals surface area contributed by atoms with Gasteiger partial charge in [0, 0.05) is 6.07 Å². The molecular formula is C15H15N3O6. The standard InChI is InChI=1S/C15H15N3O6/c1-9-6-7-13(24-9)12(19)8-16-14(20)15(21)17-10-4-2-3-5-11(10)18(22)23/h2-7,12,19H,8H2,1H3,(H,16,20)(H,17,21). The summed E-state index contributed by atoms with van der Waals surface area (Å²) in [5, 5.41) is 25.1. The van der Waals surface area contributed by atoms with Crippen molar-refractivity contribution in [2.45, 2.75) is 13.0 Å². The molecule has 126 valence electrons. The summed E-state index contributed by atoms with van der Waals surface area (Å²) in [6.45, 7) is 1.46. The third-order valence-corrected chi connectivity index (χ3v) is 3.10. The molecule has 9 heteroatoms. The zero-order chi connectivity index (χ0) is 17.7. The second-order valence-electron chi connectivity index (χ2n) is 4.90. The summed E-state index contributed by atoms with van der Waals surface area (Å²) < 4.78 is 5.20. The predicted molar refractivity (Wildman–Crippen MR) is 83.1 cm³/mol. The molecule has 0 aliphatic heterocycles. The van der Waals surface area contributed by atoms with Crippen LogP contribution in [0.5, 0.6) is 0 Å². The number of rotatable bonds is 5. The summed E-state index contributed by atoms with van der Waals surface area (Å²) >= 11 is 0. The zero-order valence-electron chi connectivity index (χ0n) is 12.7. The molecule has 0 saturated heterocycles. The lowest BCUT2D eigenvalue weighted by Gasteiger charge is -2.10.